The molecule has 1 aliphatic heterocycles. The molecule has 3 N–H and O–H groups in total. The molecule has 1 atom stereocenters. The van der Waals surface area contributed by atoms with Crippen LogP contribution in [0.25, 0.3) is 0 Å². The lowest BCUT2D eigenvalue weighted by atomic mass is 9.77. The van der Waals surface area contributed by atoms with Crippen LogP contribution in [0.2, 0.25) is 0 Å². The number of likely N-dealkylation sites (N-methyl/N-ethyl adjacent to an activating group) is 1. The summed E-state index contributed by atoms with van der Waals surface area (Å²) < 4.78 is 0. The molecule has 3 amide bonds. The van der Waals surface area contributed by atoms with Crippen molar-refractivity contribution >= 4 is 29.1 Å². The van der Waals surface area contributed by atoms with Crippen LogP contribution in [-0.2, 0) is 14.4 Å². The summed E-state index contributed by atoms with van der Waals surface area (Å²) in [6.45, 7) is 17.9. The molecule has 0 bridgehead atoms. The molecule has 1 aromatic carbocycles. The first-order chi connectivity index (χ1) is 19.6. The Labute approximate surface area is 248 Å². The molecule has 1 heterocycles. The molecule has 0 radical (unpaired) electrons. The maximum atomic E-state index is 13.4. The molecule has 7 nitrogen and oxygen atoms in total. The molecule has 1 fully saturated rings. The smallest absolute Gasteiger partial charge is 0.272 e. The van der Waals surface area contributed by atoms with Gasteiger partial charge in [0, 0.05) is 24.9 Å². The Morgan fingerprint density at radius 3 is 2.07 bits per heavy atom. The summed E-state index contributed by atoms with van der Waals surface area (Å²) in [6.07, 6.45) is 10.3. The van der Waals surface area contributed by atoms with Gasteiger partial charge in [0.15, 0.2) is 0 Å². The zero-order valence-electron chi connectivity index (χ0n) is 26.4. The summed E-state index contributed by atoms with van der Waals surface area (Å²) in [6, 6.07) is 7.79. The number of hydrogen-bond donors (Lipinski definition) is 2. The van der Waals surface area contributed by atoms with E-state index in [2.05, 4.69) is 39.2 Å². The second kappa shape index (κ2) is 18.3. The second-order valence-electron chi connectivity index (χ2n) is 11.5. The first-order valence-electron chi connectivity index (χ1n) is 15.3. The van der Waals surface area contributed by atoms with Crippen molar-refractivity contribution < 1.29 is 14.4 Å². The van der Waals surface area contributed by atoms with Gasteiger partial charge < -0.3 is 16.0 Å². The standard InChI is InChI=1S/C28H38N4O3.C4H10.C2H6/c1-4-17-28(18-5-2,27(29)35)19-23(33)30-25-26(34)32(3)22-16-12-11-15-21(22)24(31-25)20-13-9-7-6-8-10-14-20;1-4(2)3;1-2/h4-5,11-12,15-16,20,25H,1-2,6-10,13-14,17-19H2,3H3,(H2,29,35)(H,30,33);4H,1-3H3;1-2H3. The summed E-state index contributed by atoms with van der Waals surface area (Å²) in [5.41, 5.74) is 7.16. The van der Waals surface area contributed by atoms with E-state index in [4.69, 9.17) is 10.7 Å². The Balaban J connectivity index is 0.00000129. The van der Waals surface area contributed by atoms with Crippen LogP contribution in [-0.4, -0.2) is 36.6 Å². The largest absolute Gasteiger partial charge is 0.369 e. The number of carbonyl (C=O) groups excluding carboxylic acids is 3. The summed E-state index contributed by atoms with van der Waals surface area (Å²) in [5, 5.41) is 2.80. The fraction of sp³-hybridized carbons (Fsp3) is 0.588. The van der Waals surface area contributed by atoms with Crippen molar-refractivity contribution in [2.45, 2.75) is 105 Å². The van der Waals surface area contributed by atoms with Gasteiger partial charge in [-0.3, -0.25) is 19.4 Å². The number of para-hydroxylation sites is 1. The number of rotatable bonds is 9. The number of amides is 3. The molecule has 1 unspecified atom stereocenters. The number of nitrogens with zero attached hydrogens (tertiary/aromatic N) is 2. The highest BCUT2D eigenvalue weighted by Crippen LogP contribution is 2.34. The van der Waals surface area contributed by atoms with Gasteiger partial charge in [-0.15, -0.1) is 13.2 Å². The van der Waals surface area contributed by atoms with E-state index in [1.54, 1.807) is 24.1 Å². The minimum Gasteiger partial charge on any atom is -0.369 e. The number of benzodiazepines with no additional fused rings is 1. The molecule has 3 rings (SSSR count). The molecule has 1 saturated carbocycles. The van der Waals surface area contributed by atoms with E-state index in [9.17, 15) is 14.4 Å². The van der Waals surface area contributed by atoms with Gasteiger partial charge >= 0.3 is 0 Å². The quantitative estimate of drug-likeness (QED) is 0.316. The molecule has 0 spiro atoms. The van der Waals surface area contributed by atoms with Gasteiger partial charge in [-0.2, -0.15) is 0 Å². The third-order valence-electron chi connectivity index (χ3n) is 7.26. The highest BCUT2D eigenvalue weighted by atomic mass is 16.2. The maximum absolute atomic E-state index is 13.4. The van der Waals surface area contributed by atoms with Crippen molar-refractivity contribution in [1.82, 2.24) is 5.32 Å². The summed E-state index contributed by atoms with van der Waals surface area (Å²) >= 11 is 0. The van der Waals surface area contributed by atoms with E-state index in [1.807, 2.05) is 38.1 Å². The van der Waals surface area contributed by atoms with Gasteiger partial charge in [0.1, 0.15) is 0 Å². The zero-order valence-corrected chi connectivity index (χ0v) is 26.4. The minimum absolute atomic E-state index is 0.172. The van der Waals surface area contributed by atoms with E-state index in [0.717, 1.165) is 48.6 Å². The SMILES string of the molecule is C=CCC(CC=C)(CC(=O)NC1N=C(C2CCCCCCC2)c2ccccc2N(C)C1=O)C(N)=O.CC.CC(C)C. The van der Waals surface area contributed by atoms with E-state index in [0.29, 0.717) is 0 Å². The van der Waals surface area contributed by atoms with Crippen molar-refractivity contribution in [2.24, 2.45) is 28.0 Å². The average molecular weight is 567 g/mol. The lowest BCUT2D eigenvalue weighted by Gasteiger charge is -2.28. The number of primary amides is 1. The molecule has 0 aromatic heterocycles. The summed E-state index contributed by atoms with van der Waals surface area (Å²) in [4.78, 5) is 45.4. The number of allylic oxidation sites excluding steroid dienone is 2. The highest BCUT2D eigenvalue weighted by molar-refractivity contribution is 6.14. The molecule has 228 valence electrons. The molecule has 1 aliphatic carbocycles. The van der Waals surface area contributed by atoms with E-state index < -0.39 is 23.4 Å². The van der Waals surface area contributed by atoms with E-state index in [-0.39, 0.29) is 31.1 Å². The van der Waals surface area contributed by atoms with E-state index >= 15 is 0 Å². The van der Waals surface area contributed by atoms with Crippen LogP contribution >= 0.6 is 0 Å². The summed E-state index contributed by atoms with van der Waals surface area (Å²) in [7, 11) is 1.71. The topological polar surface area (TPSA) is 105 Å². The maximum Gasteiger partial charge on any atom is 0.272 e. The van der Waals surface area contributed by atoms with Crippen molar-refractivity contribution in [3.63, 3.8) is 0 Å². The first kappa shape index (κ1) is 35.8. The molecular weight excluding hydrogens is 512 g/mol. The van der Waals surface area contributed by atoms with Crippen LogP contribution < -0.4 is 16.0 Å². The highest BCUT2D eigenvalue weighted by Gasteiger charge is 2.39. The van der Waals surface area contributed by atoms with Crippen molar-refractivity contribution in [3.8, 4) is 0 Å². The minimum atomic E-state index is -1.14. The predicted octanol–water partition coefficient (Wildman–Crippen LogP) is 6.96. The van der Waals surface area contributed by atoms with Gasteiger partial charge in [-0.05, 0) is 37.7 Å². The predicted molar refractivity (Wildman–Crippen MR) is 172 cm³/mol. The Kier molecular flexibility index (Phi) is 15.9. The second-order valence-corrected chi connectivity index (χ2v) is 11.5. The van der Waals surface area contributed by atoms with Gasteiger partial charge in [0.2, 0.25) is 18.0 Å². The van der Waals surface area contributed by atoms with Crippen LogP contribution in [0, 0.1) is 17.3 Å². The van der Waals surface area contributed by atoms with Gasteiger partial charge in [-0.1, -0.05) is 97.1 Å². The molecule has 7 heteroatoms. The number of anilines is 1. The third kappa shape index (κ3) is 10.6. The third-order valence-corrected chi connectivity index (χ3v) is 7.26. The fourth-order valence-electron chi connectivity index (χ4n) is 5.28. The number of benzene rings is 1. The van der Waals surface area contributed by atoms with Gasteiger partial charge in [-0.25, -0.2) is 0 Å². The van der Waals surface area contributed by atoms with Crippen LogP contribution in [0.3, 0.4) is 0 Å². The van der Waals surface area contributed by atoms with Crippen LogP contribution in [0.5, 0.6) is 0 Å². The van der Waals surface area contributed by atoms with Gasteiger partial charge in [0.25, 0.3) is 5.91 Å². The number of aliphatic imine (C=N–C) groups is 1. The zero-order chi connectivity index (χ0) is 31.0. The fourth-order valence-corrected chi connectivity index (χ4v) is 5.28. The lowest BCUT2D eigenvalue weighted by Crippen LogP contribution is -2.48. The Bertz CT molecular complexity index is 1030. The monoisotopic (exact) mass is 566 g/mol. The number of carbonyl (C=O) groups is 3. The Morgan fingerprint density at radius 1 is 1.05 bits per heavy atom. The van der Waals surface area contributed by atoms with E-state index in [1.165, 1.54) is 19.3 Å². The molecule has 41 heavy (non-hydrogen) atoms. The Hall–Kier alpha value is -3.22. The first-order valence-corrected chi connectivity index (χ1v) is 15.3. The average Bonchev–Trinajstić information content (AvgIpc) is 3.00. The summed E-state index contributed by atoms with van der Waals surface area (Å²) in [5.74, 6) is -0.306. The molecule has 1 aromatic rings. The normalized spacial score (nSPS) is 17.6. The van der Waals surface area contributed by atoms with Crippen molar-refractivity contribution in [2.75, 3.05) is 11.9 Å². The number of fused-ring (bicyclic) bond motifs is 1. The van der Waals surface area contributed by atoms with Crippen molar-refractivity contribution in [1.29, 1.82) is 0 Å². The van der Waals surface area contributed by atoms with Crippen molar-refractivity contribution in [3.05, 3.63) is 55.1 Å². The van der Waals surface area contributed by atoms with Crippen LogP contribution in [0.15, 0.2) is 54.6 Å². The number of hydrogen-bond acceptors (Lipinski definition) is 4. The van der Waals surface area contributed by atoms with Crippen LogP contribution in [0.1, 0.15) is 104 Å². The molecule has 0 saturated heterocycles. The molecular formula is C34H54N4O3. The number of nitrogens with two attached hydrogens (primary N) is 1. The molecule has 2 aliphatic rings. The number of nitrogens with one attached hydrogen (secondary N) is 1. The Morgan fingerprint density at radius 2 is 1.56 bits per heavy atom. The van der Waals surface area contributed by atoms with Gasteiger partial charge in [0.05, 0.1) is 16.8 Å². The lowest BCUT2D eigenvalue weighted by molar-refractivity contribution is -0.135. The van der Waals surface area contributed by atoms with Crippen LogP contribution in [0.4, 0.5) is 5.69 Å².